The van der Waals surface area contributed by atoms with Crippen LogP contribution in [0.2, 0.25) is 0 Å². The zero-order valence-electron chi connectivity index (χ0n) is 15.8. The highest BCUT2D eigenvalue weighted by molar-refractivity contribution is 5.92. The van der Waals surface area contributed by atoms with E-state index in [-0.39, 0.29) is 17.7 Å². The van der Waals surface area contributed by atoms with Crippen LogP contribution < -0.4 is 10.6 Å². The molecule has 0 aromatic heterocycles. The van der Waals surface area contributed by atoms with Gasteiger partial charge in [0.15, 0.2) is 0 Å². The summed E-state index contributed by atoms with van der Waals surface area (Å²) in [6.07, 6.45) is 2.02. The van der Waals surface area contributed by atoms with E-state index < -0.39 is 5.54 Å². The highest BCUT2D eigenvalue weighted by Gasteiger charge is 2.43. The van der Waals surface area contributed by atoms with E-state index in [1.54, 1.807) is 0 Å². The van der Waals surface area contributed by atoms with E-state index >= 15 is 0 Å². The first-order valence-electron chi connectivity index (χ1n) is 9.50. The molecule has 1 saturated heterocycles. The number of para-hydroxylation sites is 1. The Morgan fingerprint density at radius 2 is 1.63 bits per heavy atom. The molecular formula is C20H27N5O2. The molecule has 0 bridgehead atoms. The number of rotatable bonds is 7. The fraction of sp³-hybridized carbons (Fsp3) is 0.550. The number of carbonyl (C=O) groups excluding carboxylic acids is 2. The predicted molar refractivity (Wildman–Crippen MR) is 103 cm³/mol. The maximum Gasteiger partial charge on any atom is 0.238 e. The predicted octanol–water partition coefficient (Wildman–Crippen LogP) is 1.05. The molecule has 2 fully saturated rings. The van der Waals surface area contributed by atoms with E-state index in [4.69, 9.17) is 0 Å². The molecular weight excluding hydrogens is 342 g/mol. The summed E-state index contributed by atoms with van der Waals surface area (Å²) in [4.78, 5) is 28.6. The lowest BCUT2D eigenvalue weighted by Gasteiger charge is -2.34. The maximum atomic E-state index is 12.3. The second kappa shape index (κ2) is 8.51. The van der Waals surface area contributed by atoms with Crippen LogP contribution in [0.15, 0.2) is 30.3 Å². The minimum absolute atomic E-state index is 0.0263. The van der Waals surface area contributed by atoms with Gasteiger partial charge in [-0.1, -0.05) is 18.2 Å². The fourth-order valence-electron chi connectivity index (χ4n) is 3.44. The normalized spacial score (nSPS) is 20.3. The summed E-state index contributed by atoms with van der Waals surface area (Å²) in [5.74, 6) is 0.161. The van der Waals surface area contributed by atoms with Crippen LogP contribution >= 0.6 is 0 Å². The molecule has 1 heterocycles. The van der Waals surface area contributed by atoms with Crippen LogP contribution in [0.5, 0.6) is 0 Å². The second-order valence-electron chi connectivity index (χ2n) is 7.60. The third kappa shape index (κ3) is 5.52. The van der Waals surface area contributed by atoms with Gasteiger partial charge in [-0.25, -0.2) is 0 Å². The van der Waals surface area contributed by atoms with Crippen molar-refractivity contribution in [1.82, 2.24) is 15.1 Å². The first-order chi connectivity index (χ1) is 13.0. The number of benzene rings is 1. The van der Waals surface area contributed by atoms with E-state index in [9.17, 15) is 14.9 Å². The van der Waals surface area contributed by atoms with E-state index in [1.165, 1.54) is 0 Å². The van der Waals surface area contributed by atoms with Gasteiger partial charge in [-0.05, 0) is 37.8 Å². The summed E-state index contributed by atoms with van der Waals surface area (Å²) in [5.41, 5.74) is 0.0584. The Bertz CT molecular complexity index is 705. The highest BCUT2D eigenvalue weighted by atomic mass is 16.2. The van der Waals surface area contributed by atoms with Gasteiger partial charge in [0.2, 0.25) is 11.8 Å². The van der Waals surface area contributed by atoms with E-state index in [2.05, 4.69) is 26.5 Å². The highest BCUT2D eigenvalue weighted by Crippen LogP contribution is 2.39. The molecule has 2 N–H and O–H groups in total. The number of hydrogen-bond donors (Lipinski definition) is 2. The Morgan fingerprint density at radius 1 is 1.07 bits per heavy atom. The van der Waals surface area contributed by atoms with Crippen LogP contribution in [0.25, 0.3) is 0 Å². The quantitative estimate of drug-likeness (QED) is 0.750. The van der Waals surface area contributed by atoms with Crippen molar-refractivity contribution in [1.29, 1.82) is 5.26 Å². The fourth-order valence-corrected chi connectivity index (χ4v) is 3.44. The van der Waals surface area contributed by atoms with E-state index in [1.807, 2.05) is 37.3 Å². The zero-order chi connectivity index (χ0) is 19.3. The van der Waals surface area contributed by atoms with Crippen LogP contribution in [0.1, 0.15) is 19.8 Å². The Hall–Kier alpha value is -2.43. The van der Waals surface area contributed by atoms with Gasteiger partial charge >= 0.3 is 0 Å². The third-order valence-electron chi connectivity index (χ3n) is 5.28. The van der Waals surface area contributed by atoms with Gasteiger partial charge in [-0.3, -0.25) is 19.4 Å². The van der Waals surface area contributed by atoms with Crippen molar-refractivity contribution in [2.75, 3.05) is 44.6 Å². The molecule has 1 atom stereocenters. The molecule has 144 valence electrons. The molecule has 1 aromatic carbocycles. The Kier molecular flexibility index (Phi) is 6.09. The minimum atomic E-state index is -0.742. The lowest BCUT2D eigenvalue weighted by molar-refractivity contribution is -0.124. The number of nitrogens with one attached hydrogen (secondary N) is 2. The lowest BCUT2D eigenvalue weighted by atomic mass is 9.98. The molecule has 0 spiro atoms. The summed E-state index contributed by atoms with van der Waals surface area (Å²) >= 11 is 0. The van der Waals surface area contributed by atoms with Gasteiger partial charge < -0.3 is 10.6 Å². The Morgan fingerprint density at radius 3 is 2.15 bits per heavy atom. The van der Waals surface area contributed by atoms with Crippen molar-refractivity contribution in [3.63, 3.8) is 0 Å². The van der Waals surface area contributed by atoms with E-state index in [0.717, 1.165) is 44.7 Å². The SMILES string of the molecule is C[C@@](C#N)(NC(=O)CN1CCN(CC(=O)Nc2ccccc2)CC1)C1CC1. The number of hydrogen-bond acceptors (Lipinski definition) is 5. The van der Waals surface area contributed by atoms with Crippen LogP contribution in [-0.2, 0) is 9.59 Å². The monoisotopic (exact) mass is 369 g/mol. The number of nitriles is 1. The first-order valence-corrected chi connectivity index (χ1v) is 9.50. The maximum absolute atomic E-state index is 12.3. The molecule has 7 nitrogen and oxygen atoms in total. The summed E-state index contributed by atoms with van der Waals surface area (Å²) in [6, 6.07) is 11.7. The summed E-state index contributed by atoms with van der Waals surface area (Å²) < 4.78 is 0. The molecule has 1 aliphatic carbocycles. The standard InChI is InChI=1S/C20H27N5O2/c1-20(15-21,16-7-8-16)23-19(27)14-25-11-9-24(10-12-25)13-18(26)22-17-5-3-2-4-6-17/h2-6,16H,7-14H2,1H3,(H,22,26)(H,23,27)/t20-/m0/s1. The molecule has 1 aliphatic heterocycles. The van der Waals surface area contributed by atoms with Crippen molar-refractivity contribution >= 4 is 17.5 Å². The van der Waals surface area contributed by atoms with Crippen molar-refractivity contribution in [2.24, 2.45) is 5.92 Å². The number of amides is 2. The Balaban J connectivity index is 1.38. The van der Waals surface area contributed by atoms with Gasteiger partial charge in [0.1, 0.15) is 5.54 Å². The number of anilines is 1. The van der Waals surface area contributed by atoms with Crippen LogP contribution in [0.4, 0.5) is 5.69 Å². The summed E-state index contributed by atoms with van der Waals surface area (Å²) in [6.45, 7) is 5.42. The number of piperazine rings is 1. The van der Waals surface area contributed by atoms with Crippen molar-refractivity contribution in [3.05, 3.63) is 30.3 Å². The molecule has 0 radical (unpaired) electrons. The Labute approximate surface area is 160 Å². The van der Waals surface area contributed by atoms with Crippen molar-refractivity contribution in [3.8, 4) is 6.07 Å². The van der Waals surface area contributed by atoms with Crippen LogP contribution in [0, 0.1) is 17.2 Å². The minimum Gasteiger partial charge on any atom is -0.337 e. The van der Waals surface area contributed by atoms with Crippen LogP contribution in [-0.4, -0.2) is 66.4 Å². The molecule has 1 saturated carbocycles. The van der Waals surface area contributed by atoms with Gasteiger partial charge in [-0.2, -0.15) is 5.26 Å². The van der Waals surface area contributed by atoms with Crippen molar-refractivity contribution < 1.29 is 9.59 Å². The second-order valence-corrected chi connectivity index (χ2v) is 7.60. The molecule has 2 amide bonds. The topological polar surface area (TPSA) is 88.5 Å². The first kappa shape index (κ1) is 19.3. The molecule has 7 heteroatoms. The van der Waals surface area contributed by atoms with Crippen molar-refractivity contribution in [2.45, 2.75) is 25.3 Å². The summed E-state index contributed by atoms with van der Waals surface area (Å²) in [5, 5.41) is 15.1. The third-order valence-corrected chi connectivity index (χ3v) is 5.28. The largest absolute Gasteiger partial charge is 0.337 e. The molecule has 3 rings (SSSR count). The lowest BCUT2D eigenvalue weighted by Crippen LogP contribution is -2.54. The van der Waals surface area contributed by atoms with Gasteiger partial charge in [0.25, 0.3) is 0 Å². The molecule has 27 heavy (non-hydrogen) atoms. The van der Waals surface area contributed by atoms with Gasteiger partial charge in [0.05, 0.1) is 19.2 Å². The zero-order valence-corrected chi connectivity index (χ0v) is 15.8. The smallest absolute Gasteiger partial charge is 0.238 e. The number of nitrogens with zero attached hydrogens (tertiary/aromatic N) is 3. The average Bonchev–Trinajstić information content (AvgIpc) is 3.49. The summed E-state index contributed by atoms with van der Waals surface area (Å²) in [7, 11) is 0. The number of carbonyl (C=O) groups is 2. The molecule has 0 unspecified atom stereocenters. The van der Waals surface area contributed by atoms with E-state index in [0.29, 0.717) is 13.1 Å². The molecule has 1 aromatic rings. The average molecular weight is 369 g/mol. The molecule has 2 aliphatic rings. The van der Waals surface area contributed by atoms with Crippen LogP contribution in [0.3, 0.4) is 0 Å². The van der Waals surface area contributed by atoms with Gasteiger partial charge in [-0.15, -0.1) is 0 Å². The van der Waals surface area contributed by atoms with Gasteiger partial charge in [0, 0.05) is 31.9 Å².